The molecule has 0 rings (SSSR count). The van der Waals surface area contributed by atoms with Crippen LogP contribution in [-0.4, -0.2) is 31.7 Å². The molecule has 0 bridgehead atoms. The summed E-state index contributed by atoms with van der Waals surface area (Å²) in [5.41, 5.74) is 0. The van der Waals surface area contributed by atoms with Crippen molar-refractivity contribution in [2.45, 2.75) is 129 Å². The molecule has 0 unspecified atom stereocenters. The molecule has 2 heteroatoms. The van der Waals surface area contributed by atoms with Crippen LogP contribution in [-0.2, 0) is 0 Å². The Morgan fingerprint density at radius 2 is 0.615 bits per heavy atom. The molecule has 0 aliphatic rings. The first-order valence-corrected chi connectivity index (χ1v) is 11.9. The van der Waals surface area contributed by atoms with Gasteiger partial charge in [-0.3, -0.25) is 0 Å². The van der Waals surface area contributed by atoms with E-state index in [1.165, 1.54) is 133 Å². The van der Waals surface area contributed by atoms with Crippen molar-refractivity contribution < 1.29 is 21.5 Å². The third-order valence-electron chi connectivity index (χ3n) is 5.73. The average molecular weight is 435 g/mol. The van der Waals surface area contributed by atoms with Crippen LogP contribution in [0.1, 0.15) is 129 Å². The molecule has 0 aliphatic heterocycles. The molecule has 0 aliphatic carbocycles. The van der Waals surface area contributed by atoms with Gasteiger partial charge >= 0.3 is 0 Å². The third kappa shape index (κ3) is 22.5. The maximum Gasteiger partial charge on any atom is 0.0782 e. The molecule has 0 radical (unpaired) electrons. The standard InChI is InChI=1S/C24H52N.BrH/c1-5-7-9-11-13-14-15-16-17-18-20-22-24-25(3,4)23-21-19-12-10-8-6-2;/h5-24H2,1-4H3;1H/q+1;/p-1. The molecule has 0 amide bonds. The van der Waals surface area contributed by atoms with Gasteiger partial charge in [-0.1, -0.05) is 104 Å². The van der Waals surface area contributed by atoms with Crippen LogP contribution >= 0.6 is 0 Å². The van der Waals surface area contributed by atoms with E-state index in [1.807, 2.05) is 0 Å². The number of hydrogen-bond acceptors (Lipinski definition) is 0. The van der Waals surface area contributed by atoms with Crippen molar-refractivity contribution in [1.29, 1.82) is 0 Å². The predicted molar refractivity (Wildman–Crippen MR) is 116 cm³/mol. The van der Waals surface area contributed by atoms with Crippen LogP contribution in [0.4, 0.5) is 0 Å². The normalized spacial score (nSPS) is 11.5. The minimum absolute atomic E-state index is 0. The van der Waals surface area contributed by atoms with Crippen molar-refractivity contribution in [3.8, 4) is 0 Å². The summed E-state index contributed by atoms with van der Waals surface area (Å²) in [6.07, 6.45) is 26.0. The quantitative estimate of drug-likeness (QED) is 0.184. The zero-order valence-corrected chi connectivity index (χ0v) is 20.6. The third-order valence-corrected chi connectivity index (χ3v) is 5.73. The van der Waals surface area contributed by atoms with Gasteiger partial charge in [-0.15, -0.1) is 0 Å². The number of hydrogen-bond donors (Lipinski definition) is 0. The Morgan fingerprint density at radius 3 is 0.885 bits per heavy atom. The van der Waals surface area contributed by atoms with Gasteiger partial charge in [0.25, 0.3) is 0 Å². The molecule has 0 spiro atoms. The minimum atomic E-state index is 0. The number of unbranched alkanes of at least 4 members (excludes halogenated alkanes) is 16. The minimum Gasteiger partial charge on any atom is -1.00 e. The monoisotopic (exact) mass is 433 g/mol. The van der Waals surface area contributed by atoms with Crippen LogP contribution in [0.25, 0.3) is 0 Å². The van der Waals surface area contributed by atoms with E-state index in [4.69, 9.17) is 0 Å². The molecule has 0 aromatic heterocycles. The van der Waals surface area contributed by atoms with E-state index in [1.54, 1.807) is 0 Å². The number of quaternary nitrogens is 1. The van der Waals surface area contributed by atoms with Crippen molar-refractivity contribution in [3.05, 3.63) is 0 Å². The number of halogens is 1. The summed E-state index contributed by atoms with van der Waals surface area (Å²) in [4.78, 5) is 0. The number of rotatable bonds is 20. The highest BCUT2D eigenvalue weighted by atomic mass is 79.9. The molecule has 0 saturated heterocycles. The largest absolute Gasteiger partial charge is 1.00 e. The summed E-state index contributed by atoms with van der Waals surface area (Å²) in [5.74, 6) is 0. The second-order valence-electron chi connectivity index (χ2n) is 9.04. The summed E-state index contributed by atoms with van der Waals surface area (Å²) >= 11 is 0. The number of nitrogens with zero attached hydrogens (tertiary/aromatic N) is 1. The van der Waals surface area contributed by atoms with Crippen LogP contribution in [0.15, 0.2) is 0 Å². The molecule has 0 saturated carbocycles. The highest BCUT2D eigenvalue weighted by Gasteiger charge is 2.13. The molecule has 0 heterocycles. The second kappa shape index (κ2) is 21.7. The zero-order chi connectivity index (χ0) is 18.6. The molecule has 0 aromatic carbocycles. The van der Waals surface area contributed by atoms with Gasteiger partial charge in [-0.2, -0.15) is 0 Å². The van der Waals surface area contributed by atoms with E-state index >= 15 is 0 Å². The Labute approximate surface area is 178 Å². The molecule has 160 valence electrons. The zero-order valence-electron chi connectivity index (χ0n) is 19.0. The maximum absolute atomic E-state index is 2.44. The summed E-state index contributed by atoms with van der Waals surface area (Å²) in [5, 5.41) is 0. The van der Waals surface area contributed by atoms with E-state index < -0.39 is 0 Å². The Balaban J connectivity index is 0. The van der Waals surface area contributed by atoms with E-state index in [0.717, 1.165) is 0 Å². The van der Waals surface area contributed by atoms with Gasteiger partial charge in [-0.05, 0) is 25.7 Å². The van der Waals surface area contributed by atoms with E-state index in [2.05, 4.69) is 27.9 Å². The van der Waals surface area contributed by atoms with Crippen LogP contribution in [0.2, 0.25) is 0 Å². The molecule has 0 N–H and O–H groups in total. The fraction of sp³-hybridized carbons (Fsp3) is 1.00. The van der Waals surface area contributed by atoms with Crippen molar-refractivity contribution in [2.24, 2.45) is 0 Å². The summed E-state index contributed by atoms with van der Waals surface area (Å²) in [6, 6.07) is 0. The molecular formula is C24H52BrN. The van der Waals surface area contributed by atoms with Gasteiger partial charge in [-0.25, -0.2) is 0 Å². The lowest BCUT2D eigenvalue weighted by Crippen LogP contribution is -3.00. The fourth-order valence-electron chi connectivity index (χ4n) is 3.81. The Morgan fingerprint density at radius 1 is 0.385 bits per heavy atom. The Hall–Kier alpha value is 0.440. The first kappa shape index (κ1) is 28.6. The van der Waals surface area contributed by atoms with E-state index in [0.29, 0.717) is 0 Å². The maximum atomic E-state index is 2.44. The van der Waals surface area contributed by atoms with Gasteiger partial charge in [0.1, 0.15) is 0 Å². The summed E-state index contributed by atoms with van der Waals surface area (Å²) in [7, 11) is 4.87. The molecule has 26 heavy (non-hydrogen) atoms. The lowest BCUT2D eigenvalue weighted by Gasteiger charge is -2.30. The lowest BCUT2D eigenvalue weighted by atomic mass is 10.1. The van der Waals surface area contributed by atoms with Crippen molar-refractivity contribution in [2.75, 3.05) is 27.2 Å². The van der Waals surface area contributed by atoms with Gasteiger partial charge in [0.2, 0.25) is 0 Å². The van der Waals surface area contributed by atoms with Gasteiger partial charge in [0.05, 0.1) is 27.2 Å². The first-order chi connectivity index (χ1) is 12.1. The van der Waals surface area contributed by atoms with Gasteiger partial charge < -0.3 is 21.5 Å². The molecule has 1 nitrogen and oxygen atoms in total. The lowest BCUT2D eigenvalue weighted by molar-refractivity contribution is -0.890. The van der Waals surface area contributed by atoms with Crippen LogP contribution in [0, 0.1) is 0 Å². The van der Waals surface area contributed by atoms with E-state index in [9.17, 15) is 0 Å². The summed E-state index contributed by atoms with van der Waals surface area (Å²) in [6.45, 7) is 7.36. The first-order valence-electron chi connectivity index (χ1n) is 11.9. The van der Waals surface area contributed by atoms with Crippen molar-refractivity contribution >= 4 is 0 Å². The highest BCUT2D eigenvalue weighted by molar-refractivity contribution is 4.49. The second-order valence-corrected chi connectivity index (χ2v) is 9.04. The topological polar surface area (TPSA) is 0 Å². The highest BCUT2D eigenvalue weighted by Crippen LogP contribution is 2.13. The predicted octanol–water partition coefficient (Wildman–Crippen LogP) is 5.13. The van der Waals surface area contributed by atoms with Crippen molar-refractivity contribution in [1.82, 2.24) is 0 Å². The molecule has 0 fully saturated rings. The smallest absolute Gasteiger partial charge is 0.0782 e. The average Bonchev–Trinajstić information content (AvgIpc) is 2.59. The fourth-order valence-corrected chi connectivity index (χ4v) is 3.81. The summed E-state index contributed by atoms with van der Waals surface area (Å²) < 4.78 is 1.24. The molecule has 0 atom stereocenters. The van der Waals surface area contributed by atoms with Crippen LogP contribution < -0.4 is 17.0 Å². The SMILES string of the molecule is CCCCCCCCCCCCCC[N+](C)(C)CCCCCCCC.[Br-]. The molecular weight excluding hydrogens is 382 g/mol. The molecule has 0 aromatic rings. The Bertz CT molecular complexity index is 253. The van der Waals surface area contributed by atoms with E-state index in [-0.39, 0.29) is 17.0 Å². The van der Waals surface area contributed by atoms with Gasteiger partial charge in [0.15, 0.2) is 0 Å². The van der Waals surface area contributed by atoms with Gasteiger partial charge in [0, 0.05) is 0 Å². The Kier molecular flexibility index (Phi) is 24.0. The van der Waals surface area contributed by atoms with Crippen molar-refractivity contribution in [3.63, 3.8) is 0 Å². The van der Waals surface area contributed by atoms with Crippen LogP contribution in [0.3, 0.4) is 0 Å². The van der Waals surface area contributed by atoms with Crippen LogP contribution in [0.5, 0.6) is 0 Å².